The van der Waals surface area contributed by atoms with Crippen molar-refractivity contribution in [1.29, 1.82) is 0 Å². The van der Waals surface area contributed by atoms with Crippen LogP contribution in [0.1, 0.15) is 22.7 Å². The number of hydrogen-bond donors (Lipinski definition) is 1. The molecular formula is C14H19N3O. The Kier molecular flexibility index (Phi) is 3.67. The van der Waals surface area contributed by atoms with Gasteiger partial charge in [0.2, 0.25) is 0 Å². The molecule has 0 aliphatic heterocycles. The lowest BCUT2D eigenvalue weighted by molar-refractivity contribution is 0.414. The third-order valence-corrected chi connectivity index (χ3v) is 3.13. The fourth-order valence-electron chi connectivity index (χ4n) is 2.19. The van der Waals surface area contributed by atoms with Crippen molar-refractivity contribution in [2.75, 3.05) is 14.2 Å². The van der Waals surface area contributed by atoms with E-state index in [9.17, 15) is 0 Å². The van der Waals surface area contributed by atoms with E-state index in [4.69, 9.17) is 4.74 Å². The number of nitrogens with zero attached hydrogens (tertiary/aromatic N) is 2. The van der Waals surface area contributed by atoms with E-state index in [1.807, 2.05) is 37.2 Å². The second-order valence-corrected chi connectivity index (χ2v) is 4.39. The predicted octanol–water partition coefficient (Wildman–Crippen LogP) is 2.05. The number of methoxy groups -OCH3 is 1. The van der Waals surface area contributed by atoms with Crippen LogP contribution in [-0.4, -0.2) is 23.9 Å². The zero-order valence-corrected chi connectivity index (χ0v) is 11.3. The Bertz CT molecular complexity index is 534. The molecule has 0 spiro atoms. The average molecular weight is 245 g/mol. The molecule has 1 N–H and O–H groups in total. The van der Waals surface area contributed by atoms with Crippen molar-refractivity contribution in [3.05, 3.63) is 47.3 Å². The number of nitrogens with one attached hydrogen (secondary N) is 1. The van der Waals surface area contributed by atoms with Crippen LogP contribution in [0.2, 0.25) is 0 Å². The van der Waals surface area contributed by atoms with Crippen LogP contribution >= 0.6 is 0 Å². The van der Waals surface area contributed by atoms with Crippen molar-refractivity contribution in [2.24, 2.45) is 7.05 Å². The van der Waals surface area contributed by atoms with Crippen LogP contribution in [0.3, 0.4) is 0 Å². The highest BCUT2D eigenvalue weighted by Crippen LogP contribution is 2.26. The SMILES string of the molecule is CNC(c1cnn(C)c1)c1ccc(OC)cc1C. The van der Waals surface area contributed by atoms with Gasteiger partial charge < -0.3 is 10.1 Å². The minimum absolute atomic E-state index is 0.157. The van der Waals surface area contributed by atoms with Gasteiger partial charge in [0.25, 0.3) is 0 Å². The van der Waals surface area contributed by atoms with Gasteiger partial charge in [-0.15, -0.1) is 0 Å². The molecule has 1 atom stereocenters. The minimum Gasteiger partial charge on any atom is -0.497 e. The summed E-state index contributed by atoms with van der Waals surface area (Å²) < 4.78 is 7.05. The summed E-state index contributed by atoms with van der Waals surface area (Å²) in [5, 5.41) is 7.56. The molecule has 0 aliphatic carbocycles. The van der Waals surface area contributed by atoms with E-state index in [2.05, 4.69) is 29.5 Å². The molecule has 4 heteroatoms. The molecule has 2 aromatic rings. The van der Waals surface area contributed by atoms with Crippen LogP contribution < -0.4 is 10.1 Å². The van der Waals surface area contributed by atoms with Crippen molar-refractivity contribution in [1.82, 2.24) is 15.1 Å². The first-order valence-corrected chi connectivity index (χ1v) is 5.96. The van der Waals surface area contributed by atoms with Crippen molar-refractivity contribution in [3.63, 3.8) is 0 Å². The van der Waals surface area contributed by atoms with Gasteiger partial charge >= 0.3 is 0 Å². The van der Waals surface area contributed by atoms with Gasteiger partial charge in [-0.05, 0) is 37.2 Å². The monoisotopic (exact) mass is 245 g/mol. The third kappa shape index (κ3) is 2.38. The van der Waals surface area contributed by atoms with Gasteiger partial charge in [0.1, 0.15) is 5.75 Å². The number of hydrogen-bond acceptors (Lipinski definition) is 3. The first kappa shape index (κ1) is 12.6. The smallest absolute Gasteiger partial charge is 0.119 e. The molecule has 96 valence electrons. The maximum Gasteiger partial charge on any atom is 0.119 e. The predicted molar refractivity (Wildman–Crippen MR) is 71.8 cm³/mol. The highest BCUT2D eigenvalue weighted by atomic mass is 16.5. The van der Waals surface area contributed by atoms with Crippen molar-refractivity contribution in [2.45, 2.75) is 13.0 Å². The Labute approximate surface area is 108 Å². The summed E-state index contributed by atoms with van der Waals surface area (Å²) in [6.07, 6.45) is 3.93. The standard InChI is InChI=1S/C14H19N3O/c1-10-7-12(18-4)5-6-13(10)14(15-2)11-8-16-17(3)9-11/h5-9,14-15H,1-4H3. The molecule has 1 aromatic heterocycles. The zero-order valence-electron chi connectivity index (χ0n) is 11.3. The van der Waals surface area contributed by atoms with E-state index in [0.717, 1.165) is 11.3 Å². The zero-order chi connectivity index (χ0) is 13.1. The molecule has 18 heavy (non-hydrogen) atoms. The molecule has 1 aromatic carbocycles. The Morgan fingerprint density at radius 1 is 1.39 bits per heavy atom. The summed E-state index contributed by atoms with van der Waals surface area (Å²) in [7, 11) is 5.57. The lowest BCUT2D eigenvalue weighted by Gasteiger charge is -2.18. The molecule has 0 fully saturated rings. The van der Waals surface area contributed by atoms with Gasteiger partial charge in [0, 0.05) is 18.8 Å². The van der Waals surface area contributed by atoms with Gasteiger partial charge in [-0.25, -0.2) is 0 Å². The van der Waals surface area contributed by atoms with E-state index in [-0.39, 0.29) is 6.04 Å². The van der Waals surface area contributed by atoms with Gasteiger partial charge in [0.05, 0.1) is 19.3 Å². The Hall–Kier alpha value is -1.81. The lowest BCUT2D eigenvalue weighted by Crippen LogP contribution is -2.18. The largest absolute Gasteiger partial charge is 0.497 e. The van der Waals surface area contributed by atoms with Gasteiger partial charge in [-0.3, -0.25) is 4.68 Å². The fraction of sp³-hybridized carbons (Fsp3) is 0.357. The first-order valence-electron chi connectivity index (χ1n) is 5.96. The van der Waals surface area contributed by atoms with E-state index in [0.29, 0.717) is 0 Å². The van der Waals surface area contributed by atoms with E-state index in [1.165, 1.54) is 11.1 Å². The minimum atomic E-state index is 0.157. The van der Waals surface area contributed by atoms with Crippen LogP contribution in [0.15, 0.2) is 30.6 Å². The normalized spacial score (nSPS) is 12.4. The van der Waals surface area contributed by atoms with Crippen LogP contribution in [0, 0.1) is 6.92 Å². The number of ether oxygens (including phenoxy) is 1. The molecule has 4 nitrogen and oxygen atoms in total. The number of aromatic nitrogens is 2. The molecule has 1 heterocycles. The molecule has 2 rings (SSSR count). The van der Waals surface area contributed by atoms with Gasteiger partial charge in [-0.2, -0.15) is 5.10 Å². The molecule has 0 aliphatic rings. The summed E-state index contributed by atoms with van der Waals surface area (Å²) in [6.45, 7) is 2.10. The topological polar surface area (TPSA) is 39.1 Å². The Morgan fingerprint density at radius 2 is 2.17 bits per heavy atom. The van der Waals surface area contributed by atoms with Crippen molar-refractivity contribution >= 4 is 0 Å². The second kappa shape index (κ2) is 5.23. The quantitative estimate of drug-likeness (QED) is 0.896. The van der Waals surface area contributed by atoms with E-state index in [1.54, 1.807) is 7.11 Å². The molecule has 0 radical (unpaired) electrons. The number of aryl methyl sites for hydroxylation is 2. The molecule has 0 saturated heterocycles. The maximum absolute atomic E-state index is 5.24. The maximum atomic E-state index is 5.24. The first-order chi connectivity index (χ1) is 8.65. The van der Waals surface area contributed by atoms with E-state index < -0.39 is 0 Å². The highest BCUT2D eigenvalue weighted by Gasteiger charge is 2.16. The molecular weight excluding hydrogens is 226 g/mol. The average Bonchev–Trinajstić information content (AvgIpc) is 2.78. The van der Waals surface area contributed by atoms with Crippen LogP contribution in [-0.2, 0) is 7.05 Å². The summed E-state index contributed by atoms with van der Waals surface area (Å²) in [4.78, 5) is 0. The van der Waals surface area contributed by atoms with Crippen molar-refractivity contribution in [3.8, 4) is 5.75 Å². The molecule has 1 unspecified atom stereocenters. The summed E-state index contributed by atoms with van der Waals surface area (Å²) >= 11 is 0. The second-order valence-electron chi connectivity index (χ2n) is 4.39. The summed E-state index contributed by atoms with van der Waals surface area (Å²) in [6, 6.07) is 6.30. The Morgan fingerprint density at radius 3 is 2.67 bits per heavy atom. The van der Waals surface area contributed by atoms with Crippen LogP contribution in [0.25, 0.3) is 0 Å². The number of rotatable bonds is 4. The molecule has 0 bridgehead atoms. The van der Waals surface area contributed by atoms with Gasteiger partial charge in [0.15, 0.2) is 0 Å². The molecule has 0 amide bonds. The Balaban J connectivity index is 2.39. The highest BCUT2D eigenvalue weighted by molar-refractivity contribution is 5.40. The molecule has 0 saturated carbocycles. The number of benzene rings is 1. The van der Waals surface area contributed by atoms with E-state index >= 15 is 0 Å². The van der Waals surface area contributed by atoms with Crippen LogP contribution in [0.5, 0.6) is 5.75 Å². The third-order valence-electron chi connectivity index (χ3n) is 3.13. The fourth-order valence-corrected chi connectivity index (χ4v) is 2.19. The van der Waals surface area contributed by atoms with Crippen molar-refractivity contribution < 1.29 is 4.74 Å². The summed E-state index contributed by atoms with van der Waals surface area (Å²) in [5.41, 5.74) is 3.61. The van der Waals surface area contributed by atoms with Gasteiger partial charge in [-0.1, -0.05) is 6.07 Å². The lowest BCUT2D eigenvalue weighted by atomic mass is 9.97. The summed E-state index contributed by atoms with van der Waals surface area (Å²) in [5.74, 6) is 0.886. The van der Waals surface area contributed by atoms with Crippen LogP contribution in [0.4, 0.5) is 0 Å².